The summed E-state index contributed by atoms with van der Waals surface area (Å²) in [6.45, 7) is 6.43. The molecule has 6 nitrogen and oxygen atoms in total. The smallest absolute Gasteiger partial charge is 0.306 e. The largest absolute Gasteiger partial charge is 0.462 e. The first kappa shape index (κ1) is 62.6. The van der Waals surface area contributed by atoms with Crippen LogP contribution in [0.3, 0.4) is 0 Å². The quantitative estimate of drug-likeness (QED) is 0.0262. The number of allylic oxidation sites excluding steroid dienone is 14. The monoisotopic (exact) mass is 919 g/mol. The van der Waals surface area contributed by atoms with Gasteiger partial charge in [-0.15, -0.1) is 0 Å². The molecule has 1 atom stereocenters. The second-order valence-electron chi connectivity index (χ2n) is 18.1. The molecule has 0 fully saturated rings. The maximum Gasteiger partial charge on any atom is 0.306 e. The van der Waals surface area contributed by atoms with Crippen LogP contribution in [-0.4, -0.2) is 37.2 Å². The second kappa shape index (κ2) is 54.2. The number of hydrogen-bond donors (Lipinski definition) is 0. The Bertz CT molecular complexity index is 1290. The summed E-state index contributed by atoms with van der Waals surface area (Å²) in [7, 11) is 0. The predicted molar refractivity (Wildman–Crippen MR) is 284 cm³/mol. The zero-order valence-corrected chi connectivity index (χ0v) is 43.2. The lowest BCUT2D eigenvalue weighted by molar-refractivity contribution is -0.166. The highest BCUT2D eigenvalue weighted by molar-refractivity contribution is 5.71. The van der Waals surface area contributed by atoms with Crippen LogP contribution in [0.1, 0.15) is 258 Å². The molecule has 6 heteroatoms. The van der Waals surface area contributed by atoms with E-state index in [1.54, 1.807) is 0 Å². The first-order chi connectivity index (χ1) is 32.5. The van der Waals surface area contributed by atoms with Crippen LogP contribution in [-0.2, 0) is 28.6 Å². The van der Waals surface area contributed by atoms with Gasteiger partial charge in [-0.1, -0.05) is 241 Å². The molecule has 0 amide bonds. The molecule has 0 bridgehead atoms. The van der Waals surface area contributed by atoms with Gasteiger partial charge in [-0.2, -0.15) is 0 Å². The van der Waals surface area contributed by atoms with Crippen molar-refractivity contribution in [2.24, 2.45) is 0 Å². The Morgan fingerprint density at radius 2 is 0.621 bits per heavy atom. The minimum Gasteiger partial charge on any atom is -0.462 e. The number of esters is 3. The Labute approximate surface area is 407 Å². The summed E-state index contributed by atoms with van der Waals surface area (Å²) in [6, 6.07) is 0. The Hall–Kier alpha value is -3.41. The van der Waals surface area contributed by atoms with Gasteiger partial charge in [0.15, 0.2) is 6.10 Å². The van der Waals surface area contributed by atoms with Crippen molar-refractivity contribution in [3.8, 4) is 0 Å². The standard InChI is InChI=1S/C60H102O6/c1-4-7-10-13-16-19-22-25-27-29-30-31-33-35-38-41-44-47-50-53-59(62)65-56-57(55-64-58(61)52-49-46-43-40-37-34-24-21-18-15-12-9-6-3)66-60(63)54-51-48-45-42-39-36-32-28-26-23-20-17-14-11-8-5-2/h9,12,16,18-19,21,25,27,30-31,34,37,43,46,57H,4-8,10-11,13-15,17,20,22-24,26,28-29,32-33,35-36,38-42,44-45,47-56H2,1-3H3/b12-9-,19-16-,21-18-,27-25-,31-30-,37-34-,46-43-. The molecule has 0 radical (unpaired) electrons. The van der Waals surface area contributed by atoms with Crippen molar-refractivity contribution in [3.05, 3.63) is 85.1 Å². The summed E-state index contributed by atoms with van der Waals surface area (Å²) in [6.07, 6.45) is 70.1. The van der Waals surface area contributed by atoms with Gasteiger partial charge in [-0.25, -0.2) is 0 Å². The summed E-state index contributed by atoms with van der Waals surface area (Å²) in [5, 5.41) is 0. The molecule has 0 heterocycles. The van der Waals surface area contributed by atoms with Gasteiger partial charge in [-0.05, 0) is 83.5 Å². The van der Waals surface area contributed by atoms with E-state index >= 15 is 0 Å². The zero-order chi connectivity index (χ0) is 47.9. The SMILES string of the molecule is CC/C=C\C/C=C\C/C=C\C/C=C\CCC(=O)OCC(COC(=O)CCCCCCCC/C=C\C/C=C\C/C=C\CCCCC)OC(=O)CCCCCCCCCCCCCCCCCC. The molecule has 0 spiro atoms. The second-order valence-corrected chi connectivity index (χ2v) is 18.1. The molecule has 66 heavy (non-hydrogen) atoms. The van der Waals surface area contributed by atoms with Crippen molar-refractivity contribution in [2.45, 2.75) is 264 Å². The van der Waals surface area contributed by atoms with E-state index in [4.69, 9.17) is 14.2 Å². The lowest BCUT2D eigenvalue weighted by Gasteiger charge is -2.18. The summed E-state index contributed by atoms with van der Waals surface area (Å²) in [4.78, 5) is 38.0. The van der Waals surface area contributed by atoms with E-state index in [1.165, 1.54) is 128 Å². The van der Waals surface area contributed by atoms with E-state index in [9.17, 15) is 14.4 Å². The number of carbonyl (C=O) groups is 3. The minimum absolute atomic E-state index is 0.104. The van der Waals surface area contributed by atoms with Crippen LogP contribution in [0.5, 0.6) is 0 Å². The Kier molecular flexibility index (Phi) is 51.4. The van der Waals surface area contributed by atoms with Gasteiger partial charge in [-0.3, -0.25) is 14.4 Å². The van der Waals surface area contributed by atoms with E-state index in [0.29, 0.717) is 19.3 Å². The van der Waals surface area contributed by atoms with E-state index < -0.39 is 6.10 Å². The van der Waals surface area contributed by atoms with Crippen LogP contribution in [0, 0.1) is 0 Å². The first-order valence-electron chi connectivity index (χ1n) is 27.6. The molecule has 0 aliphatic carbocycles. The molecule has 0 N–H and O–H groups in total. The number of rotatable bonds is 49. The van der Waals surface area contributed by atoms with Crippen molar-refractivity contribution >= 4 is 17.9 Å². The molecule has 0 aliphatic heterocycles. The van der Waals surface area contributed by atoms with Crippen LogP contribution in [0.15, 0.2) is 85.1 Å². The highest BCUT2D eigenvalue weighted by atomic mass is 16.6. The van der Waals surface area contributed by atoms with E-state index in [-0.39, 0.29) is 37.5 Å². The van der Waals surface area contributed by atoms with Gasteiger partial charge in [0.25, 0.3) is 0 Å². The maximum absolute atomic E-state index is 12.8. The normalized spacial score (nSPS) is 12.7. The van der Waals surface area contributed by atoms with Gasteiger partial charge in [0, 0.05) is 19.3 Å². The van der Waals surface area contributed by atoms with E-state index in [2.05, 4.69) is 99.8 Å². The number of ether oxygens (including phenoxy) is 3. The minimum atomic E-state index is -0.809. The summed E-state index contributed by atoms with van der Waals surface area (Å²) < 4.78 is 16.8. The van der Waals surface area contributed by atoms with Gasteiger partial charge >= 0.3 is 17.9 Å². The maximum atomic E-state index is 12.8. The predicted octanol–water partition coefficient (Wildman–Crippen LogP) is 18.4. The topological polar surface area (TPSA) is 78.9 Å². The lowest BCUT2D eigenvalue weighted by Crippen LogP contribution is -2.30. The lowest BCUT2D eigenvalue weighted by atomic mass is 10.0. The van der Waals surface area contributed by atoms with E-state index in [0.717, 1.165) is 83.5 Å². The highest BCUT2D eigenvalue weighted by Crippen LogP contribution is 2.15. The van der Waals surface area contributed by atoms with Crippen LogP contribution >= 0.6 is 0 Å². The Balaban J connectivity index is 4.45. The van der Waals surface area contributed by atoms with Crippen LogP contribution < -0.4 is 0 Å². The van der Waals surface area contributed by atoms with Crippen LogP contribution in [0.25, 0.3) is 0 Å². The summed E-state index contributed by atoms with van der Waals surface area (Å²) >= 11 is 0. The molecule has 1 unspecified atom stereocenters. The molecule has 378 valence electrons. The average Bonchev–Trinajstić information content (AvgIpc) is 3.31. The molecule has 0 saturated heterocycles. The summed E-state index contributed by atoms with van der Waals surface area (Å²) in [5.74, 6) is -0.995. The Morgan fingerprint density at radius 1 is 0.318 bits per heavy atom. The average molecular weight is 919 g/mol. The number of carbonyl (C=O) groups excluding carboxylic acids is 3. The number of hydrogen-bond acceptors (Lipinski definition) is 6. The molecule has 0 aromatic carbocycles. The van der Waals surface area contributed by atoms with Gasteiger partial charge in [0.2, 0.25) is 0 Å². The molecule has 0 aromatic rings. The van der Waals surface area contributed by atoms with Crippen LogP contribution in [0.4, 0.5) is 0 Å². The van der Waals surface area contributed by atoms with Crippen molar-refractivity contribution in [1.29, 1.82) is 0 Å². The first-order valence-corrected chi connectivity index (χ1v) is 27.6. The van der Waals surface area contributed by atoms with E-state index in [1.807, 2.05) is 6.08 Å². The van der Waals surface area contributed by atoms with Crippen molar-refractivity contribution < 1.29 is 28.6 Å². The Morgan fingerprint density at radius 3 is 1.05 bits per heavy atom. The fraction of sp³-hybridized carbons (Fsp3) is 0.717. The molecule has 0 aliphatic rings. The molecular formula is C60H102O6. The van der Waals surface area contributed by atoms with Crippen LogP contribution in [0.2, 0.25) is 0 Å². The van der Waals surface area contributed by atoms with Gasteiger partial charge < -0.3 is 14.2 Å². The van der Waals surface area contributed by atoms with Gasteiger partial charge in [0.1, 0.15) is 13.2 Å². The summed E-state index contributed by atoms with van der Waals surface area (Å²) in [5.41, 5.74) is 0. The van der Waals surface area contributed by atoms with Crippen molar-refractivity contribution in [1.82, 2.24) is 0 Å². The molecule has 0 saturated carbocycles. The highest BCUT2D eigenvalue weighted by Gasteiger charge is 2.19. The fourth-order valence-corrected chi connectivity index (χ4v) is 7.52. The van der Waals surface area contributed by atoms with Crippen molar-refractivity contribution in [3.63, 3.8) is 0 Å². The third-order valence-electron chi connectivity index (χ3n) is 11.6. The molecular weight excluding hydrogens is 817 g/mol. The molecule has 0 aromatic heterocycles. The third kappa shape index (κ3) is 51.6. The molecule has 0 rings (SSSR count). The van der Waals surface area contributed by atoms with Crippen molar-refractivity contribution in [2.75, 3.05) is 13.2 Å². The number of unbranched alkanes of at least 4 members (excludes halogenated alkanes) is 24. The van der Waals surface area contributed by atoms with Gasteiger partial charge in [0.05, 0.1) is 0 Å². The third-order valence-corrected chi connectivity index (χ3v) is 11.6. The fourth-order valence-electron chi connectivity index (χ4n) is 7.52. The zero-order valence-electron chi connectivity index (χ0n) is 43.2.